The molecule has 120 valence electrons. The van der Waals surface area contributed by atoms with Crippen LogP contribution in [0.15, 0.2) is 30.3 Å². The molecule has 0 aromatic heterocycles. The normalized spacial score (nSPS) is 27.3. The number of hydrogen-bond donors (Lipinski definition) is 0. The van der Waals surface area contributed by atoms with Gasteiger partial charge in [-0.05, 0) is 31.9 Å². The zero-order chi connectivity index (χ0) is 15.6. The standard InChI is InChI=1S/C17H23NO4/c1-13-21-16(22-13)17(12-20-2)8-10-18(11-9-17)15(19)14-6-4-3-5-7-14/h3-7,13,16H,8-12H2,1-2H3. The number of benzene rings is 1. The Morgan fingerprint density at radius 1 is 1.27 bits per heavy atom. The highest BCUT2D eigenvalue weighted by Gasteiger charge is 2.49. The van der Waals surface area contributed by atoms with Crippen LogP contribution in [-0.2, 0) is 14.2 Å². The summed E-state index contributed by atoms with van der Waals surface area (Å²) in [5.41, 5.74) is 0.598. The first-order valence-electron chi connectivity index (χ1n) is 7.79. The van der Waals surface area contributed by atoms with Crippen LogP contribution in [0.2, 0.25) is 0 Å². The highest BCUT2D eigenvalue weighted by Crippen LogP contribution is 2.42. The van der Waals surface area contributed by atoms with Crippen LogP contribution in [-0.4, -0.2) is 50.2 Å². The number of carbonyl (C=O) groups is 1. The fourth-order valence-electron chi connectivity index (χ4n) is 3.30. The Hall–Kier alpha value is -1.43. The van der Waals surface area contributed by atoms with E-state index in [9.17, 15) is 4.79 Å². The number of amides is 1. The Labute approximate surface area is 131 Å². The minimum absolute atomic E-state index is 0.0930. The molecule has 2 saturated heterocycles. The van der Waals surface area contributed by atoms with Crippen molar-refractivity contribution in [3.63, 3.8) is 0 Å². The van der Waals surface area contributed by atoms with Crippen molar-refractivity contribution in [1.82, 2.24) is 4.90 Å². The molecule has 22 heavy (non-hydrogen) atoms. The number of carbonyl (C=O) groups excluding carboxylic acids is 1. The molecule has 2 aliphatic heterocycles. The molecular weight excluding hydrogens is 282 g/mol. The molecule has 0 bridgehead atoms. The summed E-state index contributed by atoms with van der Waals surface area (Å²) in [4.78, 5) is 14.4. The van der Waals surface area contributed by atoms with Gasteiger partial charge in [-0.2, -0.15) is 0 Å². The number of piperidine rings is 1. The van der Waals surface area contributed by atoms with Crippen molar-refractivity contribution in [3.05, 3.63) is 35.9 Å². The molecule has 0 aliphatic carbocycles. The molecule has 0 saturated carbocycles. The van der Waals surface area contributed by atoms with E-state index in [2.05, 4.69) is 0 Å². The molecule has 0 atom stereocenters. The zero-order valence-corrected chi connectivity index (χ0v) is 13.2. The third-order valence-corrected chi connectivity index (χ3v) is 4.63. The maximum atomic E-state index is 12.5. The van der Waals surface area contributed by atoms with Gasteiger partial charge in [0, 0.05) is 31.2 Å². The van der Waals surface area contributed by atoms with Crippen molar-refractivity contribution in [1.29, 1.82) is 0 Å². The van der Waals surface area contributed by atoms with E-state index in [1.165, 1.54) is 0 Å². The van der Waals surface area contributed by atoms with Gasteiger partial charge in [-0.15, -0.1) is 0 Å². The fraction of sp³-hybridized carbons (Fsp3) is 0.588. The Bertz CT molecular complexity index is 505. The summed E-state index contributed by atoms with van der Waals surface area (Å²) in [7, 11) is 1.70. The molecule has 0 N–H and O–H groups in total. The zero-order valence-electron chi connectivity index (χ0n) is 13.2. The molecule has 5 nitrogen and oxygen atoms in total. The Kier molecular flexibility index (Phi) is 4.47. The van der Waals surface area contributed by atoms with Crippen molar-refractivity contribution < 1.29 is 19.0 Å². The largest absolute Gasteiger partial charge is 0.384 e. The summed E-state index contributed by atoms with van der Waals surface area (Å²) in [6.07, 6.45) is 1.31. The quantitative estimate of drug-likeness (QED) is 0.856. The van der Waals surface area contributed by atoms with E-state index in [1.54, 1.807) is 7.11 Å². The summed E-state index contributed by atoms with van der Waals surface area (Å²) in [6, 6.07) is 9.43. The number of ether oxygens (including phenoxy) is 3. The summed E-state index contributed by atoms with van der Waals surface area (Å²) < 4.78 is 16.8. The minimum atomic E-state index is -0.212. The topological polar surface area (TPSA) is 48.0 Å². The lowest BCUT2D eigenvalue weighted by molar-refractivity contribution is -0.417. The predicted octanol–water partition coefficient (Wildman–Crippen LogP) is 2.27. The first-order chi connectivity index (χ1) is 10.6. The molecule has 1 amide bonds. The van der Waals surface area contributed by atoms with E-state index in [4.69, 9.17) is 14.2 Å². The summed E-state index contributed by atoms with van der Waals surface area (Å²) in [5.74, 6) is 0.0930. The van der Waals surface area contributed by atoms with E-state index in [-0.39, 0.29) is 23.9 Å². The van der Waals surface area contributed by atoms with Gasteiger partial charge in [0.2, 0.25) is 0 Å². The first-order valence-corrected chi connectivity index (χ1v) is 7.79. The molecule has 1 aromatic carbocycles. The van der Waals surface area contributed by atoms with Crippen LogP contribution in [0.4, 0.5) is 0 Å². The summed E-state index contributed by atoms with van der Waals surface area (Å²) in [5, 5.41) is 0. The molecule has 2 heterocycles. The number of likely N-dealkylation sites (tertiary alicyclic amines) is 1. The predicted molar refractivity (Wildman–Crippen MR) is 81.3 cm³/mol. The van der Waals surface area contributed by atoms with Crippen LogP contribution in [0, 0.1) is 5.41 Å². The van der Waals surface area contributed by atoms with Crippen molar-refractivity contribution >= 4 is 5.91 Å². The van der Waals surface area contributed by atoms with Gasteiger partial charge in [0.25, 0.3) is 5.91 Å². The van der Waals surface area contributed by atoms with Crippen LogP contribution < -0.4 is 0 Å². The molecule has 1 aromatic rings. The number of nitrogens with zero attached hydrogens (tertiary/aromatic N) is 1. The Morgan fingerprint density at radius 2 is 1.91 bits per heavy atom. The average Bonchev–Trinajstić information content (AvgIpc) is 2.53. The van der Waals surface area contributed by atoms with Crippen LogP contribution in [0.5, 0.6) is 0 Å². The van der Waals surface area contributed by atoms with Gasteiger partial charge in [-0.25, -0.2) is 0 Å². The summed E-state index contributed by atoms with van der Waals surface area (Å²) >= 11 is 0. The number of rotatable bonds is 4. The van der Waals surface area contributed by atoms with Gasteiger partial charge < -0.3 is 19.1 Å². The van der Waals surface area contributed by atoms with E-state index in [0.717, 1.165) is 18.4 Å². The van der Waals surface area contributed by atoms with Crippen LogP contribution in [0.1, 0.15) is 30.1 Å². The van der Waals surface area contributed by atoms with Crippen LogP contribution >= 0.6 is 0 Å². The van der Waals surface area contributed by atoms with Gasteiger partial charge in [-0.1, -0.05) is 18.2 Å². The average molecular weight is 305 g/mol. The first kappa shape index (κ1) is 15.5. The maximum Gasteiger partial charge on any atom is 0.253 e. The third kappa shape index (κ3) is 2.89. The van der Waals surface area contributed by atoms with E-state index in [0.29, 0.717) is 19.7 Å². The van der Waals surface area contributed by atoms with Crippen molar-refractivity contribution in [2.75, 3.05) is 26.8 Å². The van der Waals surface area contributed by atoms with Gasteiger partial charge in [0.05, 0.1) is 6.61 Å². The second-order valence-electron chi connectivity index (χ2n) is 6.13. The van der Waals surface area contributed by atoms with Crippen molar-refractivity contribution in [2.45, 2.75) is 32.3 Å². The number of hydrogen-bond acceptors (Lipinski definition) is 4. The molecule has 5 heteroatoms. The van der Waals surface area contributed by atoms with E-state index < -0.39 is 0 Å². The molecule has 0 radical (unpaired) electrons. The van der Waals surface area contributed by atoms with E-state index in [1.807, 2.05) is 42.2 Å². The SMILES string of the molecule is COCC1(C2OC(C)O2)CCN(C(=O)c2ccccc2)CC1. The highest BCUT2D eigenvalue weighted by atomic mass is 16.9. The van der Waals surface area contributed by atoms with Gasteiger partial charge >= 0.3 is 0 Å². The van der Waals surface area contributed by atoms with Crippen molar-refractivity contribution in [2.24, 2.45) is 5.41 Å². The molecule has 2 fully saturated rings. The van der Waals surface area contributed by atoms with Gasteiger partial charge in [0.15, 0.2) is 12.6 Å². The fourth-order valence-corrected chi connectivity index (χ4v) is 3.30. The lowest BCUT2D eigenvalue weighted by Gasteiger charge is -2.50. The molecule has 3 rings (SSSR count). The lowest BCUT2D eigenvalue weighted by atomic mass is 9.77. The number of methoxy groups -OCH3 is 1. The maximum absolute atomic E-state index is 12.5. The van der Waals surface area contributed by atoms with Crippen LogP contribution in [0.3, 0.4) is 0 Å². The van der Waals surface area contributed by atoms with Gasteiger partial charge in [0.1, 0.15) is 0 Å². The molecule has 0 spiro atoms. The lowest BCUT2D eigenvalue weighted by Crippen LogP contribution is -2.57. The monoisotopic (exact) mass is 305 g/mol. The molecular formula is C17H23NO4. The van der Waals surface area contributed by atoms with Gasteiger partial charge in [-0.3, -0.25) is 4.79 Å². The third-order valence-electron chi connectivity index (χ3n) is 4.63. The van der Waals surface area contributed by atoms with E-state index >= 15 is 0 Å². The summed E-state index contributed by atoms with van der Waals surface area (Å²) in [6.45, 7) is 3.90. The molecule has 0 unspecified atom stereocenters. The van der Waals surface area contributed by atoms with Crippen LogP contribution in [0.25, 0.3) is 0 Å². The second kappa shape index (κ2) is 6.36. The second-order valence-corrected chi connectivity index (χ2v) is 6.13. The molecule has 2 aliphatic rings. The Balaban J connectivity index is 1.64. The Morgan fingerprint density at radius 3 is 2.45 bits per heavy atom. The van der Waals surface area contributed by atoms with Crippen molar-refractivity contribution in [3.8, 4) is 0 Å². The smallest absolute Gasteiger partial charge is 0.253 e. The minimum Gasteiger partial charge on any atom is -0.384 e. The highest BCUT2D eigenvalue weighted by molar-refractivity contribution is 5.94.